The van der Waals surface area contributed by atoms with Crippen LogP contribution in [-0.2, 0) is 0 Å². The highest BCUT2D eigenvalue weighted by molar-refractivity contribution is 5.98. The summed E-state index contributed by atoms with van der Waals surface area (Å²) in [6.07, 6.45) is 6.97. The van der Waals surface area contributed by atoms with E-state index in [4.69, 9.17) is 0 Å². The summed E-state index contributed by atoms with van der Waals surface area (Å²) < 4.78 is 14.2. The van der Waals surface area contributed by atoms with Gasteiger partial charge in [0.1, 0.15) is 11.6 Å². The normalized spacial score (nSPS) is 20.1. The highest BCUT2D eigenvalue weighted by atomic mass is 19.1. The zero-order valence-electron chi connectivity index (χ0n) is 16.1. The quantitative estimate of drug-likeness (QED) is 0.871. The van der Waals surface area contributed by atoms with Gasteiger partial charge in [0.2, 0.25) is 0 Å². The van der Waals surface area contributed by atoms with E-state index < -0.39 is 0 Å². The molecule has 0 radical (unpaired) electrons. The van der Waals surface area contributed by atoms with Gasteiger partial charge in [-0.3, -0.25) is 4.79 Å². The number of carbonyl (C=O) groups is 1. The molecule has 3 heterocycles. The van der Waals surface area contributed by atoms with Crippen molar-refractivity contribution in [1.29, 1.82) is 0 Å². The highest BCUT2D eigenvalue weighted by Gasteiger charge is 2.25. The maximum atomic E-state index is 14.2. The monoisotopic (exact) mass is 382 g/mol. The summed E-state index contributed by atoms with van der Waals surface area (Å²) in [5, 5.41) is 3.47. The number of hydrogen-bond donors (Lipinski definition) is 1. The standard InChI is InChI=1S/C22H27FN4O/c23-19-10-2-3-11-20(19)27-15-7-8-17(16-27)25-21-18(9-6-12-24-21)22(28)26-13-4-1-5-14-26/h2-3,6,9-12,17H,1,4-5,7-8,13-16H2,(H,24,25). The molecule has 1 unspecified atom stereocenters. The molecule has 0 aliphatic carbocycles. The summed E-state index contributed by atoms with van der Waals surface area (Å²) >= 11 is 0. The van der Waals surface area contributed by atoms with Crippen molar-refractivity contribution in [2.75, 3.05) is 36.4 Å². The Bertz CT molecular complexity index is 822. The van der Waals surface area contributed by atoms with Crippen LogP contribution in [-0.4, -0.2) is 48.0 Å². The van der Waals surface area contributed by atoms with Crippen LogP contribution in [0, 0.1) is 5.82 Å². The third-order valence-corrected chi connectivity index (χ3v) is 5.64. The molecule has 2 aliphatic rings. The average molecular weight is 382 g/mol. The van der Waals surface area contributed by atoms with E-state index in [1.807, 2.05) is 29.2 Å². The van der Waals surface area contributed by atoms with Crippen LogP contribution in [0.5, 0.6) is 0 Å². The van der Waals surface area contributed by atoms with Crippen molar-refractivity contribution < 1.29 is 9.18 Å². The molecule has 2 saturated heterocycles. The van der Waals surface area contributed by atoms with E-state index in [-0.39, 0.29) is 17.8 Å². The van der Waals surface area contributed by atoms with Gasteiger partial charge in [-0.25, -0.2) is 9.37 Å². The summed E-state index contributed by atoms with van der Waals surface area (Å²) in [6, 6.07) is 10.7. The number of piperidine rings is 2. The number of likely N-dealkylation sites (tertiary alicyclic amines) is 1. The Labute approximate surface area is 165 Å². The lowest BCUT2D eigenvalue weighted by Crippen LogP contribution is -2.43. The first kappa shape index (κ1) is 18.7. The number of anilines is 2. The number of aromatic nitrogens is 1. The minimum absolute atomic E-state index is 0.0528. The number of nitrogens with one attached hydrogen (secondary N) is 1. The molecular formula is C22H27FN4O. The van der Waals surface area contributed by atoms with Gasteiger partial charge in [0.15, 0.2) is 0 Å². The van der Waals surface area contributed by atoms with Crippen molar-refractivity contribution in [3.05, 3.63) is 54.0 Å². The molecule has 1 atom stereocenters. The van der Waals surface area contributed by atoms with Gasteiger partial charge in [0.25, 0.3) is 5.91 Å². The van der Waals surface area contributed by atoms with Crippen molar-refractivity contribution in [2.24, 2.45) is 0 Å². The van der Waals surface area contributed by atoms with Crippen molar-refractivity contribution in [3.63, 3.8) is 0 Å². The number of carbonyl (C=O) groups excluding carboxylic acids is 1. The first-order valence-electron chi connectivity index (χ1n) is 10.2. The number of halogens is 1. The molecule has 0 bridgehead atoms. The van der Waals surface area contributed by atoms with E-state index in [0.29, 0.717) is 23.6 Å². The Morgan fingerprint density at radius 1 is 1.04 bits per heavy atom. The number of amides is 1. The number of nitrogens with zero attached hydrogens (tertiary/aromatic N) is 3. The third-order valence-electron chi connectivity index (χ3n) is 5.64. The molecule has 2 fully saturated rings. The number of benzene rings is 1. The summed E-state index contributed by atoms with van der Waals surface area (Å²) in [5.41, 5.74) is 1.27. The average Bonchev–Trinajstić information content (AvgIpc) is 2.75. The van der Waals surface area contributed by atoms with E-state index in [9.17, 15) is 9.18 Å². The number of pyridine rings is 1. The summed E-state index contributed by atoms with van der Waals surface area (Å²) in [5.74, 6) is 0.498. The van der Waals surface area contributed by atoms with Crippen LogP contribution >= 0.6 is 0 Å². The fraction of sp³-hybridized carbons (Fsp3) is 0.455. The minimum atomic E-state index is -0.193. The molecule has 0 spiro atoms. The fourth-order valence-corrected chi connectivity index (χ4v) is 4.18. The van der Waals surface area contributed by atoms with E-state index >= 15 is 0 Å². The Hall–Kier alpha value is -2.63. The largest absolute Gasteiger partial charge is 0.367 e. The zero-order chi connectivity index (χ0) is 19.3. The van der Waals surface area contributed by atoms with Crippen LogP contribution in [0.1, 0.15) is 42.5 Å². The lowest BCUT2D eigenvalue weighted by molar-refractivity contribution is 0.0725. The molecule has 5 nitrogen and oxygen atoms in total. The van der Waals surface area contributed by atoms with Crippen LogP contribution in [0.15, 0.2) is 42.6 Å². The molecule has 1 amide bonds. The van der Waals surface area contributed by atoms with Crippen molar-refractivity contribution in [1.82, 2.24) is 9.88 Å². The molecule has 4 rings (SSSR count). The second kappa shape index (κ2) is 8.59. The Morgan fingerprint density at radius 3 is 2.68 bits per heavy atom. The molecule has 2 aliphatic heterocycles. The zero-order valence-corrected chi connectivity index (χ0v) is 16.1. The van der Waals surface area contributed by atoms with E-state index in [0.717, 1.165) is 45.3 Å². The first-order chi connectivity index (χ1) is 13.7. The van der Waals surface area contributed by atoms with Crippen molar-refractivity contribution >= 4 is 17.4 Å². The molecule has 148 valence electrons. The number of rotatable bonds is 4. The van der Waals surface area contributed by atoms with Gasteiger partial charge in [0, 0.05) is 38.4 Å². The predicted molar refractivity (Wildman–Crippen MR) is 109 cm³/mol. The van der Waals surface area contributed by atoms with Gasteiger partial charge in [-0.15, -0.1) is 0 Å². The van der Waals surface area contributed by atoms with E-state index in [2.05, 4.69) is 15.2 Å². The van der Waals surface area contributed by atoms with Gasteiger partial charge in [-0.05, 0) is 56.4 Å². The molecule has 28 heavy (non-hydrogen) atoms. The molecule has 1 aromatic heterocycles. The van der Waals surface area contributed by atoms with Gasteiger partial charge in [-0.2, -0.15) is 0 Å². The lowest BCUT2D eigenvalue weighted by atomic mass is 10.0. The SMILES string of the molecule is O=C(c1cccnc1NC1CCCN(c2ccccc2F)C1)N1CCCCC1. The molecule has 1 aromatic carbocycles. The van der Waals surface area contributed by atoms with Crippen LogP contribution < -0.4 is 10.2 Å². The van der Waals surface area contributed by atoms with Gasteiger partial charge >= 0.3 is 0 Å². The molecule has 6 heteroatoms. The highest BCUT2D eigenvalue weighted by Crippen LogP contribution is 2.25. The Balaban J connectivity index is 1.48. The molecule has 0 saturated carbocycles. The molecule has 2 aromatic rings. The third kappa shape index (κ3) is 4.11. The number of hydrogen-bond acceptors (Lipinski definition) is 4. The Kier molecular flexibility index (Phi) is 5.74. The molecular weight excluding hydrogens is 355 g/mol. The predicted octanol–water partition coefficient (Wildman–Crippen LogP) is 3.93. The number of para-hydroxylation sites is 1. The second-order valence-electron chi connectivity index (χ2n) is 7.63. The van der Waals surface area contributed by atoms with Crippen LogP contribution in [0.2, 0.25) is 0 Å². The minimum Gasteiger partial charge on any atom is -0.367 e. The summed E-state index contributed by atoms with van der Waals surface area (Å²) in [4.78, 5) is 21.4. The first-order valence-corrected chi connectivity index (χ1v) is 10.2. The van der Waals surface area contributed by atoms with E-state index in [1.54, 1.807) is 12.3 Å². The van der Waals surface area contributed by atoms with Gasteiger partial charge in [0.05, 0.1) is 11.3 Å². The smallest absolute Gasteiger partial charge is 0.257 e. The second-order valence-corrected chi connectivity index (χ2v) is 7.63. The lowest BCUT2D eigenvalue weighted by Gasteiger charge is -2.35. The Morgan fingerprint density at radius 2 is 1.86 bits per heavy atom. The van der Waals surface area contributed by atoms with Gasteiger partial charge in [-0.1, -0.05) is 12.1 Å². The maximum absolute atomic E-state index is 14.2. The van der Waals surface area contributed by atoms with Crippen LogP contribution in [0.4, 0.5) is 15.9 Å². The van der Waals surface area contributed by atoms with Crippen molar-refractivity contribution in [3.8, 4) is 0 Å². The summed E-state index contributed by atoms with van der Waals surface area (Å²) in [7, 11) is 0. The molecule has 1 N–H and O–H groups in total. The van der Waals surface area contributed by atoms with Crippen LogP contribution in [0.25, 0.3) is 0 Å². The fourth-order valence-electron chi connectivity index (χ4n) is 4.18. The summed E-state index contributed by atoms with van der Waals surface area (Å²) in [6.45, 7) is 3.16. The van der Waals surface area contributed by atoms with Crippen LogP contribution in [0.3, 0.4) is 0 Å². The van der Waals surface area contributed by atoms with Crippen molar-refractivity contribution in [2.45, 2.75) is 38.1 Å². The topological polar surface area (TPSA) is 48.5 Å². The van der Waals surface area contributed by atoms with E-state index in [1.165, 1.54) is 12.5 Å². The van der Waals surface area contributed by atoms with Gasteiger partial charge < -0.3 is 15.1 Å². The maximum Gasteiger partial charge on any atom is 0.257 e.